The molecule has 148 valence electrons. The summed E-state index contributed by atoms with van der Waals surface area (Å²) in [7, 11) is -5.00. The van der Waals surface area contributed by atoms with Crippen LogP contribution in [0.1, 0.15) is 12.8 Å². The van der Waals surface area contributed by atoms with Gasteiger partial charge in [0.15, 0.2) is 0 Å². The number of rotatable bonds is 5. The first-order chi connectivity index (χ1) is 11.5. The molecule has 3 N–H and O–H groups in total. The minimum absolute atomic E-state index is 0.468. The van der Waals surface area contributed by atoms with E-state index in [1.165, 1.54) is 0 Å². The molecule has 0 aromatic heterocycles. The number of phenols is 1. The Labute approximate surface area is 142 Å². The maximum atomic E-state index is 12.5. The van der Waals surface area contributed by atoms with Gasteiger partial charge in [-0.15, -0.1) is 0 Å². The smallest absolute Gasteiger partial charge is 0.426 e. The van der Waals surface area contributed by atoms with Crippen LogP contribution < -0.4 is 5.32 Å². The number of hydrogen-bond donors (Lipinski definition) is 3. The van der Waals surface area contributed by atoms with Crippen molar-refractivity contribution in [2.24, 2.45) is 0 Å². The van der Waals surface area contributed by atoms with Crippen LogP contribution in [0, 0.1) is 0 Å². The highest BCUT2D eigenvalue weighted by Gasteiger charge is 2.69. The van der Waals surface area contributed by atoms with Crippen molar-refractivity contribution in [1.82, 2.24) is 0 Å². The lowest BCUT2D eigenvalue weighted by atomic mass is 9.96. The van der Waals surface area contributed by atoms with Crippen LogP contribution in [0.4, 0.5) is 32.0 Å². The Bertz CT molecular complexity index is 774. The highest BCUT2D eigenvalue weighted by molar-refractivity contribution is 7.85. The van der Waals surface area contributed by atoms with Gasteiger partial charge >= 0.3 is 12.4 Å². The summed E-state index contributed by atoms with van der Waals surface area (Å²) in [5.41, 5.74) is -5.87. The third-order valence-electron chi connectivity index (χ3n) is 3.18. The highest BCUT2D eigenvalue weighted by Crippen LogP contribution is 2.45. The molecule has 0 saturated carbocycles. The van der Waals surface area contributed by atoms with Gasteiger partial charge in [-0.25, -0.2) is 8.42 Å². The minimum atomic E-state index is -6.11. The summed E-state index contributed by atoms with van der Waals surface area (Å²) in [6.45, 7) is 0. The molecule has 0 radical (unpaired) electrons. The molecular weight excluding hydrogens is 400 g/mol. The Hall–Kier alpha value is -2.06. The average molecular weight is 410 g/mol. The number of aliphatic hydroxyl groups is 1. The molecule has 1 aromatic rings. The molecule has 1 amide bonds. The zero-order valence-corrected chi connectivity index (χ0v) is 13.2. The third kappa shape index (κ3) is 4.76. The van der Waals surface area contributed by atoms with Crippen molar-refractivity contribution in [3.63, 3.8) is 0 Å². The van der Waals surface area contributed by atoms with Gasteiger partial charge in [0.05, 0.1) is 10.6 Å². The number of alkyl halides is 6. The van der Waals surface area contributed by atoms with E-state index in [0.29, 0.717) is 18.2 Å². The van der Waals surface area contributed by atoms with E-state index in [-0.39, 0.29) is 0 Å². The molecule has 0 saturated heterocycles. The summed E-state index contributed by atoms with van der Waals surface area (Å²) in [4.78, 5) is 10.6. The molecule has 0 aliphatic carbocycles. The van der Waals surface area contributed by atoms with Crippen molar-refractivity contribution in [3.8, 4) is 5.75 Å². The molecule has 0 atom stereocenters. The first kappa shape index (κ1) is 22.0. The van der Waals surface area contributed by atoms with E-state index >= 15 is 0 Å². The molecule has 7 nitrogen and oxygen atoms in total. The standard InChI is InChI=1S/C12H11F6NO6S/c13-11(14,15)10(22,12(16,17)18)4-3-9(21)19-7-5-6(26(23,24)25)1-2-8(7)20/h1-2,5,20,22H,3-4H2,(H,19,21)(H,23,24,25)/p-1. The Balaban J connectivity index is 2.97. The molecule has 0 aliphatic heterocycles. The topological polar surface area (TPSA) is 127 Å². The first-order valence-electron chi connectivity index (χ1n) is 6.43. The summed E-state index contributed by atoms with van der Waals surface area (Å²) < 4.78 is 107. The van der Waals surface area contributed by atoms with Gasteiger partial charge in [-0.05, 0) is 18.2 Å². The molecule has 26 heavy (non-hydrogen) atoms. The predicted molar refractivity (Wildman–Crippen MR) is 71.0 cm³/mol. The molecular formula is C12H10F6NO6S-. The second-order valence-corrected chi connectivity index (χ2v) is 6.42. The Morgan fingerprint density at radius 1 is 1.12 bits per heavy atom. The van der Waals surface area contributed by atoms with Crippen LogP contribution in [0.5, 0.6) is 5.75 Å². The molecule has 0 heterocycles. The Morgan fingerprint density at radius 2 is 1.62 bits per heavy atom. The molecule has 1 rings (SSSR count). The lowest BCUT2D eigenvalue weighted by molar-refractivity contribution is -0.369. The Kier molecular flexibility index (Phi) is 5.85. The van der Waals surface area contributed by atoms with Gasteiger partial charge < -0.3 is 20.1 Å². The fourth-order valence-electron chi connectivity index (χ4n) is 1.72. The van der Waals surface area contributed by atoms with Gasteiger partial charge in [0.2, 0.25) is 5.91 Å². The number of carbonyl (C=O) groups excluding carboxylic acids is 1. The van der Waals surface area contributed by atoms with E-state index < -0.39 is 63.2 Å². The summed E-state index contributed by atoms with van der Waals surface area (Å²) >= 11 is 0. The normalized spacial score (nSPS) is 13.5. The SMILES string of the molecule is O=C(CCC(O)(C(F)(F)F)C(F)(F)F)Nc1cc(S(=O)(=O)[O-])ccc1O. The molecule has 1 aromatic carbocycles. The third-order valence-corrected chi connectivity index (χ3v) is 4.01. The maximum Gasteiger partial charge on any atom is 0.426 e. The van der Waals surface area contributed by atoms with Gasteiger partial charge in [-0.1, -0.05) is 0 Å². The average Bonchev–Trinajstić information content (AvgIpc) is 2.43. The zero-order chi connectivity index (χ0) is 20.6. The van der Waals surface area contributed by atoms with Crippen LogP contribution in [-0.4, -0.2) is 47.0 Å². The van der Waals surface area contributed by atoms with Crippen molar-refractivity contribution in [1.29, 1.82) is 0 Å². The fourth-order valence-corrected chi connectivity index (χ4v) is 2.22. The number of benzene rings is 1. The van der Waals surface area contributed by atoms with E-state index in [0.717, 1.165) is 0 Å². The van der Waals surface area contributed by atoms with Crippen molar-refractivity contribution >= 4 is 21.7 Å². The number of anilines is 1. The van der Waals surface area contributed by atoms with Crippen molar-refractivity contribution in [3.05, 3.63) is 18.2 Å². The number of amides is 1. The van der Waals surface area contributed by atoms with Crippen molar-refractivity contribution in [2.75, 3.05) is 5.32 Å². The lowest BCUT2D eigenvalue weighted by Crippen LogP contribution is -2.57. The van der Waals surface area contributed by atoms with Gasteiger partial charge in [0.1, 0.15) is 15.9 Å². The second-order valence-electron chi connectivity index (χ2n) is 5.04. The minimum Gasteiger partial charge on any atom is -0.744 e. The number of carbonyl (C=O) groups is 1. The van der Waals surface area contributed by atoms with E-state index in [1.54, 1.807) is 5.32 Å². The summed E-state index contributed by atoms with van der Waals surface area (Å²) in [6, 6.07) is 1.80. The summed E-state index contributed by atoms with van der Waals surface area (Å²) in [5, 5.41) is 20.0. The van der Waals surface area contributed by atoms with Gasteiger partial charge in [-0.3, -0.25) is 4.79 Å². The van der Waals surface area contributed by atoms with Crippen LogP contribution in [-0.2, 0) is 14.9 Å². The fraction of sp³-hybridized carbons (Fsp3) is 0.417. The molecule has 0 unspecified atom stereocenters. The number of nitrogens with one attached hydrogen (secondary N) is 1. The molecule has 0 fully saturated rings. The van der Waals surface area contributed by atoms with Gasteiger partial charge in [0, 0.05) is 12.8 Å². The van der Waals surface area contributed by atoms with Gasteiger partial charge in [-0.2, -0.15) is 26.3 Å². The largest absolute Gasteiger partial charge is 0.744 e. The molecule has 0 bridgehead atoms. The first-order valence-corrected chi connectivity index (χ1v) is 7.84. The van der Waals surface area contributed by atoms with Crippen LogP contribution in [0.15, 0.2) is 23.1 Å². The van der Waals surface area contributed by atoms with Crippen LogP contribution in [0.2, 0.25) is 0 Å². The summed E-state index contributed by atoms with van der Waals surface area (Å²) in [5.74, 6) is -2.31. The van der Waals surface area contributed by atoms with Crippen LogP contribution >= 0.6 is 0 Å². The van der Waals surface area contributed by atoms with Crippen molar-refractivity contribution < 1.29 is 54.3 Å². The Morgan fingerprint density at radius 3 is 2.04 bits per heavy atom. The molecule has 14 heteroatoms. The predicted octanol–water partition coefficient (Wildman–Crippen LogP) is 1.87. The summed E-state index contributed by atoms with van der Waals surface area (Å²) in [6.07, 6.45) is -15.8. The number of hydrogen-bond acceptors (Lipinski definition) is 6. The zero-order valence-electron chi connectivity index (χ0n) is 12.3. The quantitative estimate of drug-likeness (QED) is 0.387. The van der Waals surface area contributed by atoms with Crippen molar-refractivity contribution in [2.45, 2.75) is 35.7 Å². The van der Waals surface area contributed by atoms with Crippen LogP contribution in [0.3, 0.4) is 0 Å². The molecule has 0 aliphatic rings. The number of halogens is 6. The van der Waals surface area contributed by atoms with E-state index in [2.05, 4.69) is 0 Å². The maximum absolute atomic E-state index is 12.5. The number of phenolic OH excluding ortho intramolecular Hbond substituents is 1. The van der Waals surface area contributed by atoms with E-state index in [4.69, 9.17) is 5.11 Å². The van der Waals surface area contributed by atoms with E-state index in [1.807, 2.05) is 0 Å². The van der Waals surface area contributed by atoms with Crippen LogP contribution in [0.25, 0.3) is 0 Å². The second kappa shape index (κ2) is 6.92. The highest BCUT2D eigenvalue weighted by atomic mass is 32.2. The molecule has 0 spiro atoms. The monoisotopic (exact) mass is 410 g/mol. The van der Waals surface area contributed by atoms with E-state index in [9.17, 15) is 49.2 Å². The van der Waals surface area contributed by atoms with Gasteiger partial charge in [0.25, 0.3) is 5.60 Å². The lowest BCUT2D eigenvalue weighted by Gasteiger charge is -2.32. The number of aromatic hydroxyl groups is 1.